The molecule has 1 saturated carbocycles. The monoisotopic (exact) mass is 228 g/mol. The van der Waals surface area contributed by atoms with Gasteiger partial charge in [0.25, 0.3) is 0 Å². The lowest BCUT2D eigenvalue weighted by Gasteiger charge is -2.37. The zero-order valence-electron chi connectivity index (χ0n) is 11.1. The fourth-order valence-corrected chi connectivity index (χ4v) is 2.91. The van der Waals surface area contributed by atoms with E-state index in [1.165, 1.54) is 19.3 Å². The molecule has 0 heterocycles. The standard InChI is InChI=1S/C14H28O2/c1-4-16-10-14-9-13(6-5-11(14)2)12(3)7-8-15/h11-15H,4-10H2,1-3H3. The van der Waals surface area contributed by atoms with Crippen LogP contribution in [0.4, 0.5) is 0 Å². The van der Waals surface area contributed by atoms with Crippen molar-refractivity contribution in [1.29, 1.82) is 0 Å². The Hall–Kier alpha value is -0.0800. The predicted octanol–water partition coefficient (Wildman–Crippen LogP) is 3.09. The number of hydrogen-bond acceptors (Lipinski definition) is 2. The van der Waals surface area contributed by atoms with E-state index in [-0.39, 0.29) is 0 Å². The molecular formula is C14H28O2. The van der Waals surface area contributed by atoms with Crippen molar-refractivity contribution in [3.8, 4) is 0 Å². The van der Waals surface area contributed by atoms with Crippen LogP contribution < -0.4 is 0 Å². The molecule has 1 rings (SSSR count). The summed E-state index contributed by atoms with van der Waals surface area (Å²) in [5.74, 6) is 3.01. The highest BCUT2D eigenvalue weighted by atomic mass is 16.5. The minimum atomic E-state index is 0.337. The Morgan fingerprint density at radius 2 is 2.12 bits per heavy atom. The predicted molar refractivity (Wildman–Crippen MR) is 67.4 cm³/mol. The first-order valence-corrected chi connectivity index (χ1v) is 6.87. The fraction of sp³-hybridized carbons (Fsp3) is 1.00. The van der Waals surface area contributed by atoms with E-state index >= 15 is 0 Å². The van der Waals surface area contributed by atoms with E-state index in [0.29, 0.717) is 12.5 Å². The molecule has 0 aromatic rings. The summed E-state index contributed by atoms with van der Waals surface area (Å²) >= 11 is 0. The van der Waals surface area contributed by atoms with Gasteiger partial charge in [-0.3, -0.25) is 0 Å². The van der Waals surface area contributed by atoms with Gasteiger partial charge in [-0.25, -0.2) is 0 Å². The van der Waals surface area contributed by atoms with Crippen molar-refractivity contribution >= 4 is 0 Å². The van der Waals surface area contributed by atoms with E-state index in [2.05, 4.69) is 20.8 Å². The Bertz CT molecular complexity index is 180. The third-order valence-corrected chi connectivity index (χ3v) is 4.33. The van der Waals surface area contributed by atoms with Crippen molar-refractivity contribution in [3.63, 3.8) is 0 Å². The first-order valence-electron chi connectivity index (χ1n) is 6.87. The average Bonchev–Trinajstić information content (AvgIpc) is 2.28. The molecule has 1 aliphatic carbocycles. The smallest absolute Gasteiger partial charge is 0.0496 e. The lowest BCUT2D eigenvalue weighted by atomic mass is 9.70. The van der Waals surface area contributed by atoms with E-state index in [1.807, 2.05) is 0 Å². The summed E-state index contributed by atoms with van der Waals surface area (Å²) < 4.78 is 5.58. The van der Waals surface area contributed by atoms with Gasteiger partial charge < -0.3 is 9.84 Å². The van der Waals surface area contributed by atoms with Gasteiger partial charge in [-0.05, 0) is 49.9 Å². The highest BCUT2D eigenvalue weighted by Gasteiger charge is 2.30. The summed E-state index contributed by atoms with van der Waals surface area (Å²) in [4.78, 5) is 0. The quantitative estimate of drug-likeness (QED) is 0.757. The number of ether oxygens (including phenoxy) is 1. The molecule has 0 aromatic heterocycles. The van der Waals surface area contributed by atoms with Crippen molar-refractivity contribution in [2.75, 3.05) is 19.8 Å². The van der Waals surface area contributed by atoms with Crippen molar-refractivity contribution in [2.45, 2.75) is 46.5 Å². The van der Waals surface area contributed by atoms with Crippen LogP contribution in [0.25, 0.3) is 0 Å². The van der Waals surface area contributed by atoms with Gasteiger partial charge in [0.1, 0.15) is 0 Å². The maximum atomic E-state index is 9.00. The lowest BCUT2D eigenvalue weighted by Crippen LogP contribution is -2.30. The SMILES string of the molecule is CCOCC1CC(C(C)CCO)CCC1C. The van der Waals surface area contributed by atoms with Gasteiger partial charge in [0, 0.05) is 19.8 Å². The minimum absolute atomic E-state index is 0.337. The van der Waals surface area contributed by atoms with E-state index < -0.39 is 0 Å². The average molecular weight is 228 g/mol. The summed E-state index contributed by atoms with van der Waals surface area (Å²) in [6, 6.07) is 0. The maximum Gasteiger partial charge on any atom is 0.0496 e. The van der Waals surface area contributed by atoms with Crippen molar-refractivity contribution in [3.05, 3.63) is 0 Å². The number of aliphatic hydroxyl groups excluding tert-OH is 1. The van der Waals surface area contributed by atoms with Crippen molar-refractivity contribution < 1.29 is 9.84 Å². The molecule has 0 amide bonds. The van der Waals surface area contributed by atoms with Crippen LogP contribution in [0.3, 0.4) is 0 Å². The van der Waals surface area contributed by atoms with Crippen LogP contribution in [-0.2, 0) is 4.74 Å². The van der Waals surface area contributed by atoms with Crippen LogP contribution in [0.1, 0.15) is 46.5 Å². The molecule has 1 aliphatic rings. The number of aliphatic hydroxyl groups is 1. The van der Waals surface area contributed by atoms with Gasteiger partial charge in [-0.2, -0.15) is 0 Å². The van der Waals surface area contributed by atoms with E-state index in [1.54, 1.807) is 0 Å². The molecule has 0 spiro atoms. The van der Waals surface area contributed by atoms with Gasteiger partial charge >= 0.3 is 0 Å². The zero-order chi connectivity index (χ0) is 12.0. The molecule has 1 fully saturated rings. The molecule has 2 nitrogen and oxygen atoms in total. The van der Waals surface area contributed by atoms with E-state index in [4.69, 9.17) is 9.84 Å². The normalized spacial score (nSPS) is 32.6. The van der Waals surface area contributed by atoms with Crippen LogP contribution in [0.2, 0.25) is 0 Å². The summed E-state index contributed by atoms with van der Waals surface area (Å²) in [6.45, 7) is 8.81. The van der Waals surface area contributed by atoms with Crippen molar-refractivity contribution in [1.82, 2.24) is 0 Å². The minimum Gasteiger partial charge on any atom is -0.396 e. The summed E-state index contributed by atoms with van der Waals surface area (Å²) in [7, 11) is 0. The molecule has 96 valence electrons. The molecule has 0 aliphatic heterocycles. The molecule has 0 aromatic carbocycles. The molecular weight excluding hydrogens is 200 g/mol. The van der Waals surface area contributed by atoms with E-state index in [9.17, 15) is 0 Å². The molecule has 4 unspecified atom stereocenters. The number of hydrogen-bond donors (Lipinski definition) is 1. The van der Waals surface area contributed by atoms with Crippen LogP contribution in [0.15, 0.2) is 0 Å². The second kappa shape index (κ2) is 7.29. The van der Waals surface area contributed by atoms with Crippen LogP contribution in [-0.4, -0.2) is 24.9 Å². The van der Waals surface area contributed by atoms with Gasteiger partial charge in [0.2, 0.25) is 0 Å². The summed E-state index contributed by atoms with van der Waals surface area (Å²) in [6.07, 6.45) is 4.92. The number of rotatable bonds is 6. The molecule has 0 saturated heterocycles. The van der Waals surface area contributed by atoms with Crippen LogP contribution in [0.5, 0.6) is 0 Å². The summed E-state index contributed by atoms with van der Waals surface area (Å²) in [5.41, 5.74) is 0. The third-order valence-electron chi connectivity index (χ3n) is 4.33. The molecule has 2 heteroatoms. The Kier molecular flexibility index (Phi) is 6.37. The summed E-state index contributed by atoms with van der Waals surface area (Å²) in [5, 5.41) is 9.00. The third kappa shape index (κ3) is 4.06. The Balaban J connectivity index is 2.39. The Morgan fingerprint density at radius 3 is 2.75 bits per heavy atom. The first kappa shape index (κ1) is 14.0. The first-order chi connectivity index (χ1) is 7.69. The van der Waals surface area contributed by atoms with Gasteiger partial charge in [0.15, 0.2) is 0 Å². The lowest BCUT2D eigenvalue weighted by molar-refractivity contribution is 0.0436. The zero-order valence-corrected chi connectivity index (χ0v) is 11.1. The van der Waals surface area contributed by atoms with Crippen LogP contribution in [0, 0.1) is 23.7 Å². The van der Waals surface area contributed by atoms with Gasteiger partial charge in [-0.1, -0.05) is 20.3 Å². The van der Waals surface area contributed by atoms with E-state index in [0.717, 1.165) is 37.4 Å². The molecule has 0 bridgehead atoms. The second-order valence-corrected chi connectivity index (χ2v) is 5.46. The maximum absolute atomic E-state index is 9.00. The highest BCUT2D eigenvalue weighted by molar-refractivity contribution is 4.80. The van der Waals surface area contributed by atoms with Crippen LogP contribution >= 0.6 is 0 Å². The molecule has 16 heavy (non-hydrogen) atoms. The molecule has 0 radical (unpaired) electrons. The highest BCUT2D eigenvalue weighted by Crippen LogP contribution is 2.38. The van der Waals surface area contributed by atoms with Gasteiger partial charge in [-0.15, -0.1) is 0 Å². The fourth-order valence-electron chi connectivity index (χ4n) is 2.91. The largest absolute Gasteiger partial charge is 0.396 e. The van der Waals surface area contributed by atoms with Gasteiger partial charge in [0.05, 0.1) is 0 Å². The molecule has 4 atom stereocenters. The Morgan fingerprint density at radius 1 is 1.38 bits per heavy atom. The molecule has 1 N–H and O–H groups in total. The second-order valence-electron chi connectivity index (χ2n) is 5.46. The Labute approximate surface area is 100 Å². The topological polar surface area (TPSA) is 29.5 Å². The van der Waals surface area contributed by atoms with Crippen molar-refractivity contribution in [2.24, 2.45) is 23.7 Å².